The predicted molar refractivity (Wildman–Crippen MR) is 105 cm³/mol. The van der Waals surface area contributed by atoms with Crippen molar-refractivity contribution in [3.05, 3.63) is 65.2 Å². The van der Waals surface area contributed by atoms with Gasteiger partial charge in [0.1, 0.15) is 5.75 Å². The SMILES string of the molecule is COc1ccc(CNC(=O)NCc2cccc(CN3CCOCC3)c2)cc1. The van der Waals surface area contributed by atoms with Gasteiger partial charge in [-0.1, -0.05) is 36.4 Å². The molecule has 3 rings (SSSR count). The van der Waals surface area contributed by atoms with Crippen molar-refractivity contribution in [3.63, 3.8) is 0 Å². The van der Waals surface area contributed by atoms with E-state index in [1.54, 1.807) is 7.11 Å². The molecule has 0 atom stereocenters. The minimum absolute atomic E-state index is 0.176. The van der Waals surface area contributed by atoms with Gasteiger partial charge in [-0.15, -0.1) is 0 Å². The molecule has 0 aromatic heterocycles. The number of amides is 2. The van der Waals surface area contributed by atoms with E-state index in [2.05, 4.69) is 27.7 Å². The first kappa shape index (κ1) is 19.2. The maximum atomic E-state index is 12.0. The average Bonchev–Trinajstić information content (AvgIpc) is 2.72. The van der Waals surface area contributed by atoms with Crippen LogP contribution in [0.3, 0.4) is 0 Å². The zero-order valence-electron chi connectivity index (χ0n) is 15.7. The van der Waals surface area contributed by atoms with Crippen molar-refractivity contribution < 1.29 is 14.3 Å². The van der Waals surface area contributed by atoms with Gasteiger partial charge in [0.15, 0.2) is 0 Å². The fourth-order valence-corrected chi connectivity index (χ4v) is 3.03. The third-order valence-electron chi connectivity index (χ3n) is 4.57. The van der Waals surface area contributed by atoms with Gasteiger partial charge in [-0.2, -0.15) is 0 Å². The van der Waals surface area contributed by atoms with Crippen LogP contribution in [0.4, 0.5) is 4.79 Å². The van der Waals surface area contributed by atoms with Crippen molar-refractivity contribution in [1.82, 2.24) is 15.5 Å². The lowest BCUT2D eigenvalue weighted by molar-refractivity contribution is 0.0342. The molecule has 1 saturated heterocycles. The van der Waals surface area contributed by atoms with E-state index in [0.717, 1.165) is 49.7 Å². The molecule has 0 unspecified atom stereocenters. The number of carbonyl (C=O) groups excluding carboxylic acids is 1. The van der Waals surface area contributed by atoms with E-state index < -0.39 is 0 Å². The first-order valence-corrected chi connectivity index (χ1v) is 9.25. The third kappa shape index (κ3) is 6.27. The fraction of sp³-hybridized carbons (Fsp3) is 0.381. The molecule has 6 nitrogen and oxygen atoms in total. The summed E-state index contributed by atoms with van der Waals surface area (Å²) in [5.41, 5.74) is 3.38. The Morgan fingerprint density at radius 3 is 2.37 bits per heavy atom. The first-order valence-electron chi connectivity index (χ1n) is 9.25. The molecule has 144 valence electrons. The van der Waals surface area contributed by atoms with Crippen molar-refractivity contribution in [3.8, 4) is 5.75 Å². The summed E-state index contributed by atoms with van der Waals surface area (Å²) >= 11 is 0. The summed E-state index contributed by atoms with van der Waals surface area (Å²) < 4.78 is 10.5. The van der Waals surface area contributed by atoms with Gasteiger partial charge in [-0.3, -0.25) is 4.90 Å². The third-order valence-corrected chi connectivity index (χ3v) is 4.57. The number of morpholine rings is 1. The Labute approximate surface area is 160 Å². The van der Waals surface area contributed by atoms with Crippen molar-refractivity contribution in [1.29, 1.82) is 0 Å². The summed E-state index contributed by atoms with van der Waals surface area (Å²) in [6, 6.07) is 15.8. The van der Waals surface area contributed by atoms with Crippen LogP contribution in [-0.4, -0.2) is 44.3 Å². The van der Waals surface area contributed by atoms with Crippen molar-refractivity contribution in [2.45, 2.75) is 19.6 Å². The van der Waals surface area contributed by atoms with Crippen LogP contribution in [0, 0.1) is 0 Å². The molecule has 2 amide bonds. The molecule has 1 heterocycles. The van der Waals surface area contributed by atoms with Gasteiger partial charge in [0, 0.05) is 32.7 Å². The number of rotatable bonds is 7. The maximum Gasteiger partial charge on any atom is 0.315 e. The number of nitrogens with zero attached hydrogens (tertiary/aromatic N) is 1. The van der Waals surface area contributed by atoms with Gasteiger partial charge in [-0.25, -0.2) is 4.79 Å². The Balaban J connectivity index is 1.43. The van der Waals surface area contributed by atoms with E-state index >= 15 is 0 Å². The molecule has 1 fully saturated rings. The standard InChI is InChI=1S/C21H27N3O3/c1-26-20-7-5-17(6-8-20)14-22-21(25)23-15-18-3-2-4-19(13-18)16-24-9-11-27-12-10-24/h2-8,13H,9-12,14-16H2,1H3,(H2,22,23,25). The summed E-state index contributed by atoms with van der Waals surface area (Å²) in [5.74, 6) is 0.806. The second kappa shape index (κ2) is 9.94. The Bertz CT molecular complexity index is 728. The van der Waals surface area contributed by atoms with Gasteiger partial charge < -0.3 is 20.1 Å². The molecule has 6 heteroatoms. The lowest BCUT2D eigenvalue weighted by Crippen LogP contribution is -2.35. The number of carbonyl (C=O) groups is 1. The Hall–Kier alpha value is -2.57. The summed E-state index contributed by atoms with van der Waals surface area (Å²) in [5, 5.41) is 5.79. The summed E-state index contributed by atoms with van der Waals surface area (Å²) in [6.07, 6.45) is 0. The normalized spacial score (nSPS) is 14.6. The number of benzene rings is 2. The van der Waals surface area contributed by atoms with Crippen LogP contribution in [0.25, 0.3) is 0 Å². The molecule has 2 N–H and O–H groups in total. The highest BCUT2D eigenvalue weighted by Gasteiger charge is 2.11. The molecule has 0 radical (unpaired) electrons. The molecule has 1 aliphatic heterocycles. The molecular weight excluding hydrogens is 342 g/mol. The minimum atomic E-state index is -0.176. The lowest BCUT2D eigenvalue weighted by Gasteiger charge is -2.26. The highest BCUT2D eigenvalue weighted by Crippen LogP contribution is 2.11. The van der Waals surface area contributed by atoms with E-state index in [1.807, 2.05) is 36.4 Å². The van der Waals surface area contributed by atoms with Gasteiger partial charge in [0.2, 0.25) is 0 Å². The Morgan fingerprint density at radius 1 is 1.00 bits per heavy atom. The maximum absolute atomic E-state index is 12.0. The van der Waals surface area contributed by atoms with Crippen LogP contribution in [0.1, 0.15) is 16.7 Å². The van der Waals surface area contributed by atoms with Crippen molar-refractivity contribution >= 4 is 6.03 Å². The average molecular weight is 369 g/mol. The first-order chi connectivity index (χ1) is 13.2. The van der Waals surface area contributed by atoms with E-state index in [0.29, 0.717) is 13.1 Å². The quantitative estimate of drug-likeness (QED) is 0.787. The number of nitrogens with one attached hydrogen (secondary N) is 2. The second-order valence-electron chi connectivity index (χ2n) is 6.59. The predicted octanol–water partition coefficient (Wildman–Crippen LogP) is 2.53. The largest absolute Gasteiger partial charge is 0.497 e. The van der Waals surface area contributed by atoms with E-state index in [9.17, 15) is 4.79 Å². The summed E-state index contributed by atoms with van der Waals surface area (Å²) in [6.45, 7) is 5.44. The number of methoxy groups -OCH3 is 1. The van der Waals surface area contributed by atoms with Gasteiger partial charge in [-0.05, 0) is 28.8 Å². The zero-order valence-corrected chi connectivity index (χ0v) is 15.7. The van der Waals surface area contributed by atoms with Crippen LogP contribution >= 0.6 is 0 Å². The number of hydrogen-bond donors (Lipinski definition) is 2. The highest BCUT2D eigenvalue weighted by molar-refractivity contribution is 5.73. The molecular formula is C21H27N3O3. The van der Waals surface area contributed by atoms with Crippen LogP contribution in [0.5, 0.6) is 5.75 Å². The van der Waals surface area contributed by atoms with Crippen LogP contribution in [0.15, 0.2) is 48.5 Å². The van der Waals surface area contributed by atoms with Gasteiger partial charge >= 0.3 is 6.03 Å². The molecule has 0 spiro atoms. The minimum Gasteiger partial charge on any atom is -0.497 e. The van der Waals surface area contributed by atoms with Crippen LogP contribution < -0.4 is 15.4 Å². The highest BCUT2D eigenvalue weighted by atomic mass is 16.5. The molecule has 0 bridgehead atoms. The van der Waals surface area contributed by atoms with Gasteiger partial charge in [0.05, 0.1) is 20.3 Å². The molecule has 0 saturated carbocycles. The van der Waals surface area contributed by atoms with E-state index in [-0.39, 0.29) is 6.03 Å². The number of ether oxygens (including phenoxy) is 2. The molecule has 27 heavy (non-hydrogen) atoms. The molecule has 2 aromatic carbocycles. The van der Waals surface area contributed by atoms with Gasteiger partial charge in [0.25, 0.3) is 0 Å². The topological polar surface area (TPSA) is 62.8 Å². The zero-order chi connectivity index (χ0) is 18.9. The van der Waals surface area contributed by atoms with E-state index in [4.69, 9.17) is 9.47 Å². The fourth-order valence-electron chi connectivity index (χ4n) is 3.03. The van der Waals surface area contributed by atoms with Crippen LogP contribution in [-0.2, 0) is 24.4 Å². The molecule has 0 aliphatic carbocycles. The molecule has 1 aliphatic rings. The smallest absolute Gasteiger partial charge is 0.315 e. The van der Waals surface area contributed by atoms with E-state index in [1.165, 1.54) is 5.56 Å². The monoisotopic (exact) mass is 369 g/mol. The number of hydrogen-bond acceptors (Lipinski definition) is 4. The molecule has 2 aromatic rings. The second-order valence-corrected chi connectivity index (χ2v) is 6.59. The summed E-state index contributed by atoms with van der Waals surface area (Å²) in [7, 11) is 1.64. The van der Waals surface area contributed by atoms with Crippen LogP contribution in [0.2, 0.25) is 0 Å². The number of urea groups is 1. The van der Waals surface area contributed by atoms with Crippen molar-refractivity contribution in [2.75, 3.05) is 33.4 Å². The lowest BCUT2D eigenvalue weighted by atomic mass is 10.1. The van der Waals surface area contributed by atoms with Crippen molar-refractivity contribution in [2.24, 2.45) is 0 Å². The Kier molecular flexibility index (Phi) is 7.07. The Morgan fingerprint density at radius 2 is 1.67 bits per heavy atom. The summed E-state index contributed by atoms with van der Waals surface area (Å²) in [4.78, 5) is 14.4.